The van der Waals surface area contributed by atoms with Crippen LogP contribution in [-0.2, 0) is 0 Å². The summed E-state index contributed by atoms with van der Waals surface area (Å²) in [6.45, 7) is 5.25. The quantitative estimate of drug-likeness (QED) is 0.768. The molecule has 0 spiro atoms. The maximum atomic E-state index is 12.9. The molecule has 0 aromatic carbocycles. The Morgan fingerprint density at radius 2 is 2.08 bits per heavy atom. The molecule has 8 heteroatoms. The first-order valence-electron chi connectivity index (χ1n) is 8.65. The highest BCUT2D eigenvalue weighted by Gasteiger charge is 2.30. The Balaban J connectivity index is 1.61. The van der Waals surface area contributed by atoms with Gasteiger partial charge in [0.15, 0.2) is 5.82 Å². The number of likely N-dealkylation sites (tertiary alicyclic amines) is 1. The number of nitrogens with zero attached hydrogens (tertiary/aromatic N) is 5. The molecule has 3 aromatic heterocycles. The smallest absolute Gasteiger partial charge is 0.265 e. The standard InChI is InChI=1S/C18H20N6OS/c1-11-8-21-17(23-11)15-14(19-5-6-20-15)13-4-3-7-24(9-13)18(25)16-12(2)22-10-26-16/h5-6,8,10,13H,3-4,7,9H2,1-2H3,(H,21,23)/t13-/m1/s1. The SMILES string of the molecule is Cc1cnc(-c2nccnc2[C@@H]2CCCN(C(=O)c3scnc3C)C2)[nH]1. The fourth-order valence-electron chi connectivity index (χ4n) is 3.40. The minimum absolute atomic E-state index is 0.0639. The van der Waals surface area contributed by atoms with Crippen LogP contribution in [0.25, 0.3) is 11.5 Å². The van der Waals surface area contributed by atoms with E-state index < -0.39 is 0 Å². The number of rotatable bonds is 3. The van der Waals surface area contributed by atoms with Crippen molar-refractivity contribution in [2.24, 2.45) is 0 Å². The van der Waals surface area contributed by atoms with Crippen LogP contribution in [0.15, 0.2) is 24.1 Å². The number of carbonyl (C=O) groups excluding carboxylic acids is 1. The molecule has 0 bridgehead atoms. The number of carbonyl (C=O) groups is 1. The van der Waals surface area contributed by atoms with E-state index in [2.05, 4.69) is 24.9 Å². The van der Waals surface area contributed by atoms with Gasteiger partial charge in [0.25, 0.3) is 5.91 Å². The lowest BCUT2D eigenvalue weighted by molar-refractivity contribution is 0.0710. The molecular weight excluding hydrogens is 348 g/mol. The van der Waals surface area contributed by atoms with E-state index in [4.69, 9.17) is 0 Å². The predicted molar refractivity (Wildman–Crippen MR) is 99.1 cm³/mol. The van der Waals surface area contributed by atoms with Gasteiger partial charge in [-0.2, -0.15) is 0 Å². The van der Waals surface area contributed by atoms with Crippen molar-refractivity contribution in [1.82, 2.24) is 29.8 Å². The first-order valence-corrected chi connectivity index (χ1v) is 9.53. The summed E-state index contributed by atoms with van der Waals surface area (Å²) >= 11 is 1.41. The van der Waals surface area contributed by atoms with Gasteiger partial charge in [0.05, 0.1) is 16.9 Å². The van der Waals surface area contributed by atoms with Crippen LogP contribution in [0.3, 0.4) is 0 Å². The van der Waals surface area contributed by atoms with E-state index in [1.54, 1.807) is 24.1 Å². The Bertz CT molecular complexity index is 933. The van der Waals surface area contributed by atoms with Crippen molar-refractivity contribution >= 4 is 17.2 Å². The minimum atomic E-state index is 0.0639. The third kappa shape index (κ3) is 3.12. The molecule has 1 N–H and O–H groups in total. The molecule has 1 atom stereocenters. The van der Waals surface area contributed by atoms with E-state index in [1.807, 2.05) is 18.7 Å². The molecule has 0 radical (unpaired) electrons. The predicted octanol–water partition coefficient (Wildman–Crippen LogP) is 2.96. The monoisotopic (exact) mass is 368 g/mol. The molecule has 0 aliphatic carbocycles. The van der Waals surface area contributed by atoms with E-state index >= 15 is 0 Å². The van der Waals surface area contributed by atoms with Gasteiger partial charge in [-0.15, -0.1) is 11.3 Å². The topological polar surface area (TPSA) is 87.7 Å². The van der Waals surface area contributed by atoms with Crippen LogP contribution >= 0.6 is 11.3 Å². The largest absolute Gasteiger partial charge is 0.341 e. The molecule has 4 rings (SSSR count). The fourth-order valence-corrected chi connectivity index (χ4v) is 4.17. The van der Waals surface area contributed by atoms with E-state index in [1.165, 1.54) is 11.3 Å². The molecule has 26 heavy (non-hydrogen) atoms. The van der Waals surface area contributed by atoms with Crippen molar-refractivity contribution in [3.63, 3.8) is 0 Å². The van der Waals surface area contributed by atoms with Gasteiger partial charge in [0.1, 0.15) is 10.6 Å². The number of aromatic amines is 1. The number of amides is 1. The van der Waals surface area contributed by atoms with Crippen molar-refractivity contribution in [3.8, 4) is 11.5 Å². The molecular formula is C18H20N6OS. The molecule has 1 saturated heterocycles. The summed E-state index contributed by atoms with van der Waals surface area (Å²) < 4.78 is 0. The first-order chi connectivity index (χ1) is 12.6. The molecule has 134 valence electrons. The maximum absolute atomic E-state index is 12.9. The summed E-state index contributed by atoms with van der Waals surface area (Å²) in [5.74, 6) is 0.941. The van der Waals surface area contributed by atoms with Gasteiger partial charge < -0.3 is 9.88 Å². The zero-order chi connectivity index (χ0) is 18.1. The number of aromatic nitrogens is 5. The lowest BCUT2D eigenvalue weighted by Crippen LogP contribution is -2.39. The van der Waals surface area contributed by atoms with Gasteiger partial charge in [0.2, 0.25) is 0 Å². The highest BCUT2D eigenvalue weighted by Crippen LogP contribution is 2.31. The van der Waals surface area contributed by atoms with E-state index in [0.717, 1.165) is 52.9 Å². The third-order valence-corrected chi connectivity index (χ3v) is 5.61. The van der Waals surface area contributed by atoms with Crippen LogP contribution in [0.5, 0.6) is 0 Å². The highest BCUT2D eigenvalue weighted by molar-refractivity contribution is 7.11. The average molecular weight is 368 g/mol. The van der Waals surface area contributed by atoms with Crippen molar-refractivity contribution in [3.05, 3.63) is 46.1 Å². The van der Waals surface area contributed by atoms with E-state index in [0.29, 0.717) is 6.54 Å². The van der Waals surface area contributed by atoms with Crippen LogP contribution in [0.2, 0.25) is 0 Å². The maximum Gasteiger partial charge on any atom is 0.265 e. The Morgan fingerprint density at radius 3 is 2.81 bits per heavy atom. The van der Waals surface area contributed by atoms with Crippen molar-refractivity contribution < 1.29 is 4.79 Å². The van der Waals surface area contributed by atoms with E-state index in [9.17, 15) is 4.79 Å². The average Bonchev–Trinajstić information content (AvgIpc) is 3.29. The number of imidazole rings is 1. The van der Waals surface area contributed by atoms with Crippen LogP contribution in [-0.4, -0.2) is 48.8 Å². The number of nitrogens with one attached hydrogen (secondary N) is 1. The lowest BCUT2D eigenvalue weighted by Gasteiger charge is -2.32. The van der Waals surface area contributed by atoms with Gasteiger partial charge in [-0.3, -0.25) is 9.78 Å². The zero-order valence-corrected chi connectivity index (χ0v) is 15.6. The molecule has 3 aromatic rings. The molecule has 4 heterocycles. The minimum Gasteiger partial charge on any atom is -0.341 e. The Labute approximate surface area is 155 Å². The molecule has 1 aliphatic rings. The summed E-state index contributed by atoms with van der Waals surface area (Å²) in [5.41, 5.74) is 5.18. The van der Waals surface area contributed by atoms with Gasteiger partial charge in [-0.25, -0.2) is 15.0 Å². The number of H-pyrrole nitrogens is 1. The molecule has 0 unspecified atom stereocenters. The summed E-state index contributed by atoms with van der Waals surface area (Å²) in [4.78, 5) is 36.4. The molecule has 1 aliphatic heterocycles. The number of aryl methyl sites for hydroxylation is 2. The van der Waals surface area contributed by atoms with Crippen molar-refractivity contribution in [2.75, 3.05) is 13.1 Å². The Hall–Kier alpha value is -2.61. The summed E-state index contributed by atoms with van der Waals surface area (Å²) in [7, 11) is 0. The number of hydrogen-bond acceptors (Lipinski definition) is 6. The molecule has 7 nitrogen and oxygen atoms in total. The van der Waals surface area contributed by atoms with Gasteiger partial charge in [0, 0.05) is 43.3 Å². The second kappa shape index (κ2) is 6.95. The Kier molecular flexibility index (Phi) is 4.50. The second-order valence-corrected chi connectivity index (χ2v) is 7.42. The molecule has 0 saturated carbocycles. The number of piperidine rings is 1. The van der Waals surface area contributed by atoms with Crippen LogP contribution < -0.4 is 0 Å². The van der Waals surface area contributed by atoms with Crippen LogP contribution in [0.4, 0.5) is 0 Å². The van der Waals surface area contributed by atoms with Gasteiger partial charge >= 0.3 is 0 Å². The third-order valence-electron chi connectivity index (χ3n) is 4.69. The van der Waals surface area contributed by atoms with Gasteiger partial charge in [-0.05, 0) is 26.7 Å². The number of hydrogen-bond donors (Lipinski definition) is 1. The van der Waals surface area contributed by atoms with E-state index in [-0.39, 0.29) is 11.8 Å². The lowest BCUT2D eigenvalue weighted by atomic mass is 9.92. The molecule has 1 fully saturated rings. The zero-order valence-electron chi connectivity index (χ0n) is 14.8. The normalized spacial score (nSPS) is 17.5. The number of thiazole rings is 1. The van der Waals surface area contributed by atoms with Crippen molar-refractivity contribution in [1.29, 1.82) is 0 Å². The highest BCUT2D eigenvalue weighted by atomic mass is 32.1. The van der Waals surface area contributed by atoms with Crippen LogP contribution in [0.1, 0.15) is 45.5 Å². The van der Waals surface area contributed by atoms with Gasteiger partial charge in [-0.1, -0.05) is 0 Å². The fraction of sp³-hybridized carbons (Fsp3) is 0.389. The van der Waals surface area contributed by atoms with Crippen LogP contribution in [0, 0.1) is 13.8 Å². The summed E-state index contributed by atoms with van der Waals surface area (Å²) in [5, 5.41) is 0. The molecule has 1 amide bonds. The first kappa shape index (κ1) is 16.8. The Morgan fingerprint density at radius 1 is 1.23 bits per heavy atom. The summed E-state index contributed by atoms with van der Waals surface area (Å²) in [6, 6.07) is 0. The second-order valence-electron chi connectivity index (χ2n) is 6.56. The summed E-state index contributed by atoms with van der Waals surface area (Å²) in [6.07, 6.45) is 7.11. The van der Waals surface area contributed by atoms with Crippen molar-refractivity contribution in [2.45, 2.75) is 32.6 Å².